The lowest BCUT2D eigenvalue weighted by molar-refractivity contribution is -0.149. The third kappa shape index (κ3) is 10.4. The third-order valence-corrected chi connectivity index (χ3v) is 11.2. The van der Waals surface area contributed by atoms with Crippen LogP contribution < -0.4 is 10.6 Å². The molecule has 0 spiro atoms. The summed E-state index contributed by atoms with van der Waals surface area (Å²) in [6.45, 7) is 20.8. The van der Waals surface area contributed by atoms with Gasteiger partial charge in [0.25, 0.3) is 0 Å². The summed E-state index contributed by atoms with van der Waals surface area (Å²) in [4.78, 5) is 30.8. The van der Waals surface area contributed by atoms with E-state index < -0.39 is 28.7 Å². The number of carbonyl (C=O) groups is 2. The minimum Gasteiger partial charge on any atom is -0.387 e. The fourth-order valence-electron chi connectivity index (χ4n) is 9.55. The monoisotopic (exact) mass is 751 g/mol. The van der Waals surface area contributed by atoms with Crippen LogP contribution in [0, 0.1) is 29.1 Å². The van der Waals surface area contributed by atoms with Gasteiger partial charge in [0.1, 0.15) is 5.41 Å². The summed E-state index contributed by atoms with van der Waals surface area (Å²) in [5, 5.41) is 36.5. The molecule has 0 radical (unpaired) electrons. The Kier molecular flexibility index (Phi) is 15.1. The maximum Gasteiger partial charge on any atom is 0.236 e. The first-order valence-electron chi connectivity index (χ1n) is 21.0. The lowest BCUT2D eigenvalue weighted by Crippen LogP contribution is -2.58. The van der Waals surface area contributed by atoms with Crippen LogP contribution in [-0.4, -0.2) is 33.2 Å². The molecule has 6 nitrogen and oxygen atoms in total. The molecule has 0 bridgehead atoms. The van der Waals surface area contributed by atoms with Crippen LogP contribution in [0.5, 0.6) is 0 Å². The fourth-order valence-corrected chi connectivity index (χ4v) is 9.55. The number of carbonyl (C=O) groups excluding carboxylic acids is 2. The van der Waals surface area contributed by atoms with Gasteiger partial charge in [0.05, 0.1) is 23.3 Å². The standard InChI is InChI=1S/C49H70N2O4/c1-11-27-47(28-12-2,45(52)50-43(48(54,29-33(3)4)30-34(5)6)41-25-17-21-37-19-13-15-23-39(37)41)46(53)51-44(49(55,31-35(7)8)32-36(9)10)42-26-18-22-38-20-14-16-24-40(38)42/h13-26,33-36,43-44,54-55H,11-12,27-32H2,1-10H3,(H,50,52)(H,51,53)/t43-,44-/m0/s1. The first-order valence-corrected chi connectivity index (χ1v) is 21.0. The van der Waals surface area contributed by atoms with E-state index in [1.54, 1.807) is 0 Å². The first kappa shape index (κ1) is 44.0. The Bertz CT molecular complexity index is 1690. The molecule has 4 rings (SSSR count). The molecule has 6 heteroatoms. The van der Waals surface area contributed by atoms with Gasteiger partial charge < -0.3 is 20.8 Å². The Balaban J connectivity index is 1.93. The molecule has 0 fully saturated rings. The van der Waals surface area contributed by atoms with Crippen molar-refractivity contribution < 1.29 is 19.8 Å². The van der Waals surface area contributed by atoms with Crippen molar-refractivity contribution in [2.75, 3.05) is 0 Å². The lowest BCUT2D eigenvalue weighted by Gasteiger charge is -2.44. The average Bonchev–Trinajstić information content (AvgIpc) is 3.10. The molecule has 0 saturated carbocycles. The van der Waals surface area contributed by atoms with E-state index in [9.17, 15) is 10.2 Å². The van der Waals surface area contributed by atoms with Gasteiger partial charge in [0.2, 0.25) is 11.8 Å². The van der Waals surface area contributed by atoms with Crippen LogP contribution in [0.1, 0.15) is 144 Å². The van der Waals surface area contributed by atoms with Gasteiger partial charge in [-0.25, -0.2) is 0 Å². The van der Waals surface area contributed by atoms with Crippen molar-refractivity contribution in [3.05, 3.63) is 96.1 Å². The molecule has 0 heterocycles. The number of benzene rings is 4. The summed E-state index contributed by atoms with van der Waals surface area (Å²) >= 11 is 0. The van der Waals surface area contributed by atoms with Gasteiger partial charge in [-0.3, -0.25) is 9.59 Å². The molecule has 0 aliphatic rings. The minimum atomic E-state index is -1.46. The van der Waals surface area contributed by atoms with Gasteiger partial charge in [0, 0.05) is 0 Å². The van der Waals surface area contributed by atoms with E-state index in [0.717, 1.165) is 32.7 Å². The number of rotatable bonds is 20. The summed E-state index contributed by atoms with van der Waals surface area (Å²) < 4.78 is 0. The Labute approximate surface area is 331 Å². The molecule has 4 N–H and O–H groups in total. The second kappa shape index (κ2) is 18.9. The highest BCUT2D eigenvalue weighted by atomic mass is 16.3. The molecule has 300 valence electrons. The second-order valence-electron chi connectivity index (χ2n) is 18.1. The molecule has 0 aliphatic heterocycles. The summed E-state index contributed by atoms with van der Waals surface area (Å²) in [5.41, 5.74) is -2.35. The SMILES string of the molecule is CCCC(CCC)(C(=O)N[C@@H](c1cccc2ccccc12)C(O)(CC(C)C)CC(C)C)C(=O)N[C@@H](c1cccc2ccccc12)C(O)(CC(C)C)CC(C)C. The normalized spacial score (nSPS) is 14.0. The smallest absolute Gasteiger partial charge is 0.236 e. The first-order chi connectivity index (χ1) is 26.0. The molecular formula is C49H70N2O4. The minimum absolute atomic E-state index is 0.151. The maximum absolute atomic E-state index is 15.4. The van der Waals surface area contributed by atoms with Crippen LogP contribution in [0.4, 0.5) is 0 Å². The van der Waals surface area contributed by atoms with E-state index in [0.29, 0.717) is 51.4 Å². The van der Waals surface area contributed by atoms with Crippen molar-refractivity contribution in [3.63, 3.8) is 0 Å². The van der Waals surface area contributed by atoms with Crippen molar-refractivity contribution in [2.45, 2.75) is 144 Å². The van der Waals surface area contributed by atoms with Gasteiger partial charge in [-0.15, -0.1) is 0 Å². The van der Waals surface area contributed by atoms with E-state index in [2.05, 4.69) is 90.3 Å². The second-order valence-corrected chi connectivity index (χ2v) is 18.1. The zero-order chi connectivity index (χ0) is 40.6. The molecule has 0 saturated heterocycles. The average molecular weight is 751 g/mol. The molecule has 0 aliphatic carbocycles. The lowest BCUT2D eigenvalue weighted by atomic mass is 9.72. The Morgan fingerprint density at radius 2 is 0.818 bits per heavy atom. The summed E-state index contributed by atoms with van der Waals surface area (Å²) in [7, 11) is 0. The van der Waals surface area contributed by atoms with Crippen molar-refractivity contribution in [1.82, 2.24) is 10.6 Å². The van der Waals surface area contributed by atoms with Gasteiger partial charge in [-0.05, 0) is 94.9 Å². The van der Waals surface area contributed by atoms with Crippen molar-refractivity contribution >= 4 is 33.4 Å². The molecule has 0 unspecified atom stereocenters. The van der Waals surface area contributed by atoms with Crippen LogP contribution in [0.2, 0.25) is 0 Å². The van der Waals surface area contributed by atoms with Crippen molar-refractivity contribution in [3.8, 4) is 0 Å². The molecule has 0 aromatic heterocycles. The Morgan fingerprint density at radius 1 is 0.509 bits per heavy atom. The van der Waals surface area contributed by atoms with E-state index in [-0.39, 0.29) is 35.5 Å². The summed E-state index contributed by atoms with van der Waals surface area (Å²) in [6.07, 6.45) is 3.74. The van der Waals surface area contributed by atoms with Crippen LogP contribution in [0.3, 0.4) is 0 Å². The molecule has 2 amide bonds. The predicted octanol–water partition coefficient (Wildman–Crippen LogP) is 11.2. The predicted molar refractivity (Wildman–Crippen MR) is 230 cm³/mol. The topological polar surface area (TPSA) is 98.7 Å². The Morgan fingerprint density at radius 3 is 1.13 bits per heavy atom. The molecule has 2 atom stereocenters. The number of fused-ring (bicyclic) bond motifs is 2. The number of nitrogens with one attached hydrogen (secondary N) is 2. The number of aliphatic hydroxyl groups is 2. The van der Waals surface area contributed by atoms with E-state index in [1.165, 1.54) is 0 Å². The number of amides is 2. The maximum atomic E-state index is 15.4. The van der Waals surface area contributed by atoms with Crippen LogP contribution in [0.15, 0.2) is 84.9 Å². The van der Waals surface area contributed by atoms with Crippen LogP contribution in [-0.2, 0) is 9.59 Å². The third-order valence-electron chi connectivity index (χ3n) is 11.2. The number of hydrogen-bond acceptors (Lipinski definition) is 4. The molecular weight excluding hydrogens is 681 g/mol. The number of hydrogen-bond donors (Lipinski definition) is 4. The van der Waals surface area contributed by atoms with Gasteiger partial charge in [-0.1, -0.05) is 167 Å². The molecule has 4 aromatic rings. The summed E-state index contributed by atoms with van der Waals surface area (Å²) in [5.74, 6) is -0.162. The fraction of sp³-hybridized carbons (Fsp3) is 0.551. The molecule has 4 aromatic carbocycles. The largest absolute Gasteiger partial charge is 0.387 e. The summed E-state index contributed by atoms with van der Waals surface area (Å²) in [6, 6.07) is 26.7. The van der Waals surface area contributed by atoms with E-state index in [1.807, 2.05) is 74.5 Å². The van der Waals surface area contributed by atoms with Crippen LogP contribution in [0.25, 0.3) is 21.5 Å². The highest BCUT2D eigenvalue weighted by Crippen LogP contribution is 2.44. The Hall–Kier alpha value is -3.74. The quantitative estimate of drug-likeness (QED) is 0.0676. The van der Waals surface area contributed by atoms with E-state index >= 15 is 9.59 Å². The highest BCUT2D eigenvalue weighted by Gasteiger charge is 2.50. The van der Waals surface area contributed by atoms with Crippen molar-refractivity contribution in [2.24, 2.45) is 29.1 Å². The van der Waals surface area contributed by atoms with Gasteiger partial charge >= 0.3 is 0 Å². The van der Waals surface area contributed by atoms with E-state index in [4.69, 9.17) is 0 Å². The molecule has 55 heavy (non-hydrogen) atoms. The zero-order valence-corrected chi connectivity index (χ0v) is 35.4. The zero-order valence-electron chi connectivity index (χ0n) is 35.4. The van der Waals surface area contributed by atoms with Crippen molar-refractivity contribution in [1.29, 1.82) is 0 Å². The van der Waals surface area contributed by atoms with Crippen LogP contribution >= 0.6 is 0 Å². The van der Waals surface area contributed by atoms with Gasteiger partial charge in [0.15, 0.2) is 0 Å². The highest BCUT2D eigenvalue weighted by molar-refractivity contribution is 6.05. The van der Waals surface area contributed by atoms with Gasteiger partial charge in [-0.2, -0.15) is 0 Å².